The van der Waals surface area contributed by atoms with E-state index in [1.54, 1.807) is 0 Å². The van der Waals surface area contributed by atoms with Gasteiger partial charge in [0.15, 0.2) is 0 Å². The van der Waals surface area contributed by atoms with Crippen molar-refractivity contribution in [1.29, 1.82) is 0 Å². The van der Waals surface area contributed by atoms with Gasteiger partial charge in [0.25, 0.3) is 0 Å². The second-order valence-electron chi connectivity index (χ2n) is 12.3. The molecule has 48 heavy (non-hydrogen) atoms. The highest BCUT2D eigenvalue weighted by Crippen LogP contribution is 2.45. The second kappa shape index (κ2) is 12.7. The minimum absolute atomic E-state index is 0.951. The Kier molecular flexibility index (Phi) is 7.84. The number of aryl methyl sites for hydroxylation is 2. The Balaban J connectivity index is 1.36. The second-order valence-corrected chi connectivity index (χ2v) is 12.3. The van der Waals surface area contributed by atoms with Crippen LogP contribution in [-0.4, -0.2) is 9.97 Å². The summed E-state index contributed by atoms with van der Waals surface area (Å²) in [5, 5.41) is 4.97. The maximum Gasteiger partial charge on any atom is 0.0733 e. The molecule has 230 valence electrons. The first-order valence-electron chi connectivity index (χ1n) is 16.9. The number of pyridine rings is 2. The van der Waals surface area contributed by atoms with Crippen LogP contribution in [0.15, 0.2) is 158 Å². The lowest BCUT2D eigenvalue weighted by Gasteiger charge is -2.19. The molecule has 0 aliphatic carbocycles. The van der Waals surface area contributed by atoms with Gasteiger partial charge in [0.05, 0.1) is 11.4 Å². The Morgan fingerprint density at radius 2 is 0.792 bits per heavy atom. The van der Waals surface area contributed by atoms with Crippen molar-refractivity contribution in [1.82, 2.24) is 9.97 Å². The third-order valence-electron chi connectivity index (χ3n) is 9.57. The van der Waals surface area contributed by atoms with Gasteiger partial charge in [-0.05, 0) is 97.1 Å². The molecule has 2 heteroatoms. The van der Waals surface area contributed by atoms with E-state index in [0.717, 1.165) is 35.4 Å². The molecule has 0 unspecified atom stereocenters. The standard InChI is InChI=1S/C46H36N2/c1-3-31-14-10-28-47-45(31)36-22-18-34(19-23-36)43-39-16-8-9-17-40(39)44(42-30-38(26-27-41(42)43)33-12-6-5-7-13-33)35-20-24-37(25-21-35)46-32(4-2)15-11-29-48-46/h5-30H,3-4H2,1-2H3. The molecule has 0 aliphatic heterocycles. The summed E-state index contributed by atoms with van der Waals surface area (Å²) in [5.74, 6) is 0. The summed E-state index contributed by atoms with van der Waals surface area (Å²) in [6.45, 7) is 4.38. The normalized spacial score (nSPS) is 11.3. The lowest BCUT2D eigenvalue weighted by atomic mass is 9.84. The summed E-state index contributed by atoms with van der Waals surface area (Å²) in [7, 11) is 0. The van der Waals surface area contributed by atoms with Crippen molar-refractivity contribution in [2.75, 3.05) is 0 Å². The summed E-state index contributed by atoms with van der Waals surface area (Å²) < 4.78 is 0. The molecular weight excluding hydrogens is 581 g/mol. The van der Waals surface area contributed by atoms with Crippen molar-refractivity contribution in [2.24, 2.45) is 0 Å². The summed E-state index contributed by atoms with van der Waals surface area (Å²) in [4.78, 5) is 9.48. The average molecular weight is 617 g/mol. The van der Waals surface area contributed by atoms with E-state index in [-0.39, 0.29) is 0 Å². The average Bonchev–Trinajstić information content (AvgIpc) is 3.17. The van der Waals surface area contributed by atoms with Crippen LogP contribution in [0.5, 0.6) is 0 Å². The molecule has 8 rings (SSSR count). The van der Waals surface area contributed by atoms with Gasteiger partial charge in [-0.15, -0.1) is 0 Å². The largest absolute Gasteiger partial charge is 0.256 e. The first-order valence-corrected chi connectivity index (χ1v) is 16.9. The minimum atomic E-state index is 0.951. The van der Waals surface area contributed by atoms with Crippen LogP contribution < -0.4 is 0 Å². The van der Waals surface area contributed by atoms with Crippen molar-refractivity contribution in [2.45, 2.75) is 26.7 Å². The molecular formula is C46H36N2. The molecule has 2 heterocycles. The molecule has 0 atom stereocenters. The Morgan fingerprint density at radius 1 is 0.354 bits per heavy atom. The lowest BCUT2D eigenvalue weighted by Crippen LogP contribution is -1.94. The van der Waals surface area contributed by atoms with Gasteiger partial charge in [-0.25, -0.2) is 0 Å². The van der Waals surface area contributed by atoms with Crippen molar-refractivity contribution >= 4 is 21.5 Å². The molecule has 0 aliphatic rings. The van der Waals surface area contributed by atoms with Crippen LogP contribution in [-0.2, 0) is 12.8 Å². The quantitative estimate of drug-likeness (QED) is 0.167. The van der Waals surface area contributed by atoms with E-state index in [0.29, 0.717) is 0 Å². The fraction of sp³-hybridized carbons (Fsp3) is 0.0870. The maximum atomic E-state index is 4.74. The zero-order valence-corrected chi connectivity index (χ0v) is 27.3. The third-order valence-corrected chi connectivity index (χ3v) is 9.57. The van der Waals surface area contributed by atoms with E-state index < -0.39 is 0 Å². The maximum absolute atomic E-state index is 4.74. The first kappa shape index (κ1) is 29.5. The van der Waals surface area contributed by atoms with Gasteiger partial charge in [-0.2, -0.15) is 0 Å². The molecule has 0 fully saturated rings. The zero-order valence-electron chi connectivity index (χ0n) is 27.3. The van der Waals surface area contributed by atoms with Crippen LogP contribution in [0.4, 0.5) is 0 Å². The number of hydrogen-bond acceptors (Lipinski definition) is 2. The summed E-state index contributed by atoms with van der Waals surface area (Å²) in [5.41, 5.74) is 14.3. The monoisotopic (exact) mass is 616 g/mol. The SMILES string of the molecule is CCc1cccnc1-c1ccc(-c2c3ccccc3c(-c3ccc(-c4ncccc4CC)cc3)c3cc(-c4ccccc4)ccc23)cc1. The highest BCUT2D eigenvalue weighted by Gasteiger charge is 2.18. The molecule has 0 radical (unpaired) electrons. The Morgan fingerprint density at radius 3 is 1.31 bits per heavy atom. The number of rotatable bonds is 7. The van der Waals surface area contributed by atoms with Crippen LogP contribution in [0.25, 0.3) is 77.4 Å². The van der Waals surface area contributed by atoms with E-state index in [1.165, 1.54) is 66.1 Å². The molecule has 0 saturated heterocycles. The Labute approximate surface area is 282 Å². The van der Waals surface area contributed by atoms with Crippen molar-refractivity contribution in [3.8, 4) is 55.9 Å². The summed E-state index contributed by atoms with van der Waals surface area (Å²) in [6.07, 6.45) is 5.68. The van der Waals surface area contributed by atoms with Gasteiger partial charge in [-0.3, -0.25) is 9.97 Å². The number of aromatic nitrogens is 2. The van der Waals surface area contributed by atoms with E-state index >= 15 is 0 Å². The van der Waals surface area contributed by atoms with E-state index in [1.807, 2.05) is 24.5 Å². The predicted octanol–water partition coefficient (Wildman–Crippen LogP) is 12.2. The number of fused-ring (bicyclic) bond motifs is 2. The van der Waals surface area contributed by atoms with Crippen LogP contribution in [0.2, 0.25) is 0 Å². The van der Waals surface area contributed by atoms with Crippen molar-refractivity contribution in [3.05, 3.63) is 169 Å². The Hall–Kier alpha value is -5.86. The van der Waals surface area contributed by atoms with E-state index in [9.17, 15) is 0 Å². The molecule has 2 aromatic heterocycles. The first-order chi connectivity index (χ1) is 23.7. The smallest absolute Gasteiger partial charge is 0.0733 e. The molecule has 0 saturated carbocycles. The Bertz CT molecular complexity index is 2390. The third kappa shape index (κ3) is 5.26. The van der Waals surface area contributed by atoms with Gasteiger partial charge in [0, 0.05) is 23.5 Å². The van der Waals surface area contributed by atoms with Crippen molar-refractivity contribution in [3.63, 3.8) is 0 Å². The molecule has 6 aromatic carbocycles. The number of nitrogens with zero attached hydrogens (tertiary/aromatic N) is 2. The molecule has 2 nitrogen and oxygen atoms in total. The lowest BCUT2D eigenvalue weighted by molar-refractivity contribution is 1.11. The molecule has 0 N–H and O–H groups in total. The molecule has 0 bridgehead atoms. The molecule has 0 amide bonds. The summed E-state index contributed by atoms with van der Waals surface area (Å²) >= 11 is 0. The fourth-order valence-electron chi connectivity index (χ4n) is 7.17. The molecule has 0 spiro atoms. The van der Waals surface area contributed by atoms with Crippen LogP contribution in [0.3, 0.4) is 0 Å². The predicted molar refractivity (Wildman–Crippen MR) is 203 cm³/mol. The van der Waals surface area contributed by atoms with Gasteiger partial charge < -0.3 is 0 Å². The van der Waals surface area contributed by atoms with Gasteiger partial charge >= 0.3 is 0 Å². The van der Waals surface area contributed by atoms with Gasteiger partial charge in [0.1, 0.15) is 0 Å². The number of hydrogen-bond donors (Lipinski definition) is 0. The summed E-state index contributed by atoms with van der Waals surface area (Å²) in [6, 6.07) is 52.9. The topological polar surface area (TPSA) is 25.8 Å². The minimum Gasteiger partial charge on any atom is -0.256 e. The van der Waals surface area contributed by atoms with Crippen LogP contribution in [0.1, 0.15) is 25.0 Å². The zero-order chi connectivity index (χ0) is 32.5. The van der Waals surface area contributed by atoms with Crippen LogP contribution in [0, 0.1) is 0 Å². The highest BCUT2D eigenvalue weighted by molar-refractivity contribution is 6.22. The van der Waals surface area contributed by atoms with Gasteiger partial charge in [-0.1, -0.05) is 141 Å². The van der Waals surface area contributed by atoms with E-state index in [4.69, 9.17) is 9.97 Å². The molecule has 8 aromatic rings. The van der Waals surface area contributed by atoms with Gasteiger partial charge in [0.2, 0.25) is 0 Å². The fourth-order valence-corrected chi connectivity index (χ4v) is 7.17. The van der Waals surface area contributed by atoms with Crippen molar-refractivity contribution < 1.29 is 0 Å². The van der Waals surface area contributed by atoms with E-state index in [2.05, 4.69) is 147 Å². The van der Waals surface area contributed by atoms with Crippen LogP contribution >= 0.6 is 0 Å². The number of benzene rings is 6. The highest BCUT2D eigenvalue weighted by atomic mass is 14.7.